The average Bonchev–Trinajstić information content (AvgIpc) is 3.16. The summed E-state index contributed by atoms with van der Waals surface area (Å²) in [4.78, 5) is 5.53. The zero-order valence-electron chi connectivity index (χ0n) is 13.6. The number of nitrogens with zero attached hydrogens (tertiary/aromatic N) is 2. The van der Waals surface area contributed by atoms with E-state index < -0.39 is 0 Å². The van der Waals surface area contributed by atoms with Crippen molar-refractivity contribution >= 4 is 0 Å². The lowest BCUT2D eigenvalue weighted by Gasteiger charge is -2.39. The van der Waals surface area contributed by atoms with Crippen molar-refractivity contribution in [3.63, 3.8) is 0 Å². The predicted octanol–water partition coefficient (Wildman–Crippen LogP) is 2.47. The van der Waals surface area contributed by atoms with Gasteiger partial charge in [0.25, 0.3) is 0 Å². The smallest absolute Gasteiger partial charge is 0.0113 e. The lowest BCUT2D eigenvalue weighted by atomic mass is 9.89. The number of nitrogens with one attached hydrogen (secondary N) is 1. The van der Waals surface area contributed by atoms with Crippen molar-refractivity contribution in [1.29, 1.82) is 0 Å². The Morgan fingerprint density at radius 1 is 0.810 bits per heavy atom. The van der Waals surface area contributed by atoms with Crippen LogP contribution in [-0.4, -0.2) is 60.6 Å². The molecule has 3 aliphatic heterocycles. The van der Waals surface area contributed by atoms with Crippen LogP contribution in [0.25, 0.3) is 0 Å². The Balaban J connectivity index is 1.17. The van der Waals surface area contributed by atoms with Gasteiger partial charge >= 0.3 is 0 Å². The first-order valence-electron chi connectivity index (χ1n) is 9.59. The largest absolute Gasteiger partial charge is 0.311 e. The maximum absolute atomic E-state index is 3.77. The highest BCUT2D eigenvalue weighted by molar-refractivity contribution is 4.92. The van der Waals surface area contributed by atoms with Gasteiger partial charge < -0.3 is 10.2 Å². The summed E-state index contributed by atoms with van der Waals surface area (Å²) in [5.41, 5.74) is 0. The van der Waals surface area contributed by atoms with Crippen LogP contribution >= 0.6 is 0 Å². The fraction of sp³-hybridized carbons (Fsp3) is 1.00. The minimum atomic E-state index is 0.868. The summed E-state index contributed by atoms with van der Waals surface area (Å²) in [6.45, 7) is 6.69. The zero-order chi connectivity index (χ0) is 14.1. The van der Waals surface area contributed by atoms with Gasteiger partial charge in [-0.2, -0.15) is 0 Å². The normalized spacial score (nSPS) is 39.1. The van der Waals surface area contributed by atoms with Crippen LogP contribution in [0.1, 0.15) is 57.8 Å². The van der Waals surface area contributed by atoms with E-state index in [4.69, 9.17) is 0 Å². The van der Waals surface area contributed by atoms with E-state index in [1.807, 2.05) is 0 Å². The number of rotatable bonds is 4. The fourth-order valence-electron chi connectivity index (χ4n) is 5.40. The lowest BCUT2D eigenvalue weighted by Crippen LogP contribution is -2.50. The molecule has 0 aromatic rings. The second-order valence-electron chi connectivity index (χ2n) is 8.08. The molecule has 3 nitrogen and oxygen atoms in total. The molecule has 3 heteroatoms. The summed E-state index contributed by atoms with van der Waals surface area (Å²) < 4.78 is 0. The molecule has 1 N–H and O–H groups in total. The molecule has 2 bridgehead atoms. The van der Waals surface area contributed by atoms with Crippen molar-refractivity contribution < 1.29 is 0 Å². The topological polar surface area (TPSA) is 18.5 Å². The Labute approximate surface area is 130 Å². The maximum atomic E-state index is 3.77. The van der Waals surface area contributed by atoms with Crippen LogP contribution in [0.3, 0.4) is 0 Å². The van der Waals surface area contributed by atoms with Gasteiger partial charge in [0.2, 0.25) is 0 Å². The third-order valence-electron chi connectivity index (χ3n) is 6.67. The molecule has 120 valence electrons. The summed E-state index contributed by atoms with van der Waals surface area (Å²) >= 11 is 0. The Morgan fingerprint density at radius 2 is 1.48 bits per heavy atom. The van der Waals surface area contributed by atoms with Crippen LogP contribution in [0, 0.1) is 5.92 Å². The molecular weight excluding hydrogens is 258 g/mol. The van der Waals surface area contributed by atoms with Crippen LogP contribution < -0.4 is 5.32 Å². The van der Waals surface area contributed by atoms with Crippen LogP contribution in [0.2, 0.25) is 0 Å². The molecule has 4 rings (SSSR count). The van der Waals surface area contributed by atoms with Crippen LogP contribution in [0.15, 0.2) is 0 Å². The van der Waals surface area contributed by atoms with E-state index in [2.05, 4.69) is 15.1 Å². The van der Waals surface area contributed by atoms with Gasteiger partial charge in [0, 0.05) is 44.3 Å². The first-order valence-corrected chi connectivity index (χ1v) is 9.59. The van der Waals surface area contributed by atoms with Gasteiger partial charge in [-0.3, -0.25) is 4.90 Å². The molecule has 0 aromatic carbocycles. The van der Waals surface area contributed by atoms with Crippen LogP contribution in [0.4, 0.5) is 0 Å². The molecule has 4 aliphatic rings. The number of fused-ring (bicyclic) bond motifs is 2. The number of hydrogen-bond acceptors (Lipinski definition) is 3. The summed E-state index contributed by atoms with van der Waals surface area (Å²) in [6, 6.07) is 2.67. The monoisotopic (exact) mass is 291 g/mol. The molecule has 3 saturated heterocycles. The van der Waals surface area contributed by atoms with Crippen molar-refractivity contribution in [2.45, 2.75) is 75.9 Å². The van der Waals surface area contributed by atoms with Gasteiger partial charge in [-0.25, -0.2) is 0 Å². The molecule has 21 heavy (non-hydrogen) atoms. The zero-order valence-corrected chi connectivity index (χ0v) is 13.6. The number of piperidine rings is 1. The molecule has 0 aromatic heterocycles. The highest BCUT2D eigenvalue weighted by Gasteiger charge is 2.33. The van der Waals surface area contributed by atoms with Crippen LogP contribution in [0.5, 0.6) is 0 Å². The number of hydrogen-bond donors (Lipinski definition) is 1. The second kappa shape index (κ2) is 6.55. The molecule has 0 spiro atoms. The standard InChI is InChI=1S/C18H33N3/c1-2-4-18(3-1)21-11-9-20(10-12-21)8-7-15-13-16-5-6-17(14-15)19-16/h15-19H,1-14H2. The van der Waals surface area contributed by atoms with Crippen molar-refractivity contribution in [3.8, 4) is 0 Å². The lowest BCUT2D eigenvalue weighted by molar-refractivity contribution is 0.0916. The molecule has 0 amide bonds. The Morgan fingerprint density at radius 3 is 2.14 bits per heavy atom. The summed E-state index contributed by atoms with van der Waals surface area (Å²) in [6.07, 6.45) is 13.2. The Hall–Kier alpha value is -0.120. The van der Waals surface area contributed by atoms with E-state index in [0.29, 0.717) is 0 Å². The highest BCUT2D eigenvalue weighted by atomic mass is 15.3. The van der Waals surface area contributed by atoms with E-state index in [9.17, 15) is 0 Å². The van der Waals surface area contributed by atoms with Gasteiger partial charge in [-0.1, -0.05) is 12.8 Å². The molecule has 0 radical (unpaired) electrons. The minimum Gasteiger partial charge on any atom is -0.311 e. The van der Waals surface area contributed by atoms with E-state index in [0.717, 1.165) is 24.0 Å². The third-order valence-corrected chi connectivity index (χ3v) is 6.67. The summed E-state index contributed by atoms with van der Waals surface area (Å²) in [7, 11) is 0. The van der Waals surface area contributed by atoms with Crippen molar-refractivity contribution in [2.24, 2.45) is 5.92 Å². The molecule has 1 saturated carbocycles. The van der Waals surface area contributed by atoms with Gasteiger partial charge in [0.05, 0.1) is 0 Å². The SMILES string of the molecule is C1CCC(N2CCN(CCC3CC4CCC(C3)N4)CC2)C1. The first kappa shape index (κ1) is 14.5. The van der Waals surface area contributed by atoms with Gasteiger partial charge in [0.15, 0.2) is 0 Å². The maximum Gasteiger partial charge on any atom is 0.0113 e. The van der Waals surface area contributed by atoms with Crippen molar-refractivity contribution in [2.75, 3.05) is 32.7 Å². The Kier molecular flexibility index (Phi) is 4.52. The third kappa shape index (κ3) is 3.46. The van der Waals surface area contributed by atoms with Gasteiger partial charge in [-0.05, 0) is 57.4 Å². The minimum absolute atomic E-state index is 0.868. The molecule has 3 heterocycles. The van der Waals surface area contributed by atoms with Gasteiger partial charge in [0.1, 0.15) is 0 Å². The predicted molar refractivity (Wildman–Crippen MR) is 87.6 cm³/mol. The first-order chi connectivity index (χ1) is 10.4. The summed E-state index contributed by atoms with van der Waals surface area (Å²) in [5.74, 6) is 1.01. The second-order valence-corrected chi connectivity index (χ2v) is 8.08. The molecular formula is C18H33N3. The van der Waals surface area contributed by atoms with E-state index in [1.165, 1.54) is 90.5 Å². The molecule has 2 unspecified atom stereocenters. The summed E-state index contributed by atoms with van der Waals surface area (Å²) in [5, 5.41) is 3.77. The highest BCUT2D eigenvalue weighted by Crippen LogP contribution is 2.33. The van der Waals surface area contributed by atoms with E-state index in [-0.39, 0.29) is 0 Å². The average molecular weight is 291 g/mol. The molecule has 2 atom stereocenters. The van der Waals surface area contributed by atoms with Crippen LogP contribution in [-0.2, 0) is 0 Å². The fourth-order valence-corrected chi connectivity index (χ4v) is 5.40. The van der Waals surface area contributed by atoms with Crippen molar-refractivity contribution in [3.05, 3.63) is 0 Å². The molecule has 4 fully saturated rings. The Bertz CT molecular complexity index is 319. The molecule has 1 aliphatic carbocycles. The quantitative estimate of drug-likeness (QED) is 0.858. The van der Waals surface area contributed by atoms with Crippen molar-refractivity contribution in [1.82, 2.24) is 15.1 Å². The van der Waals surface area contributed by atoms with Gasteiger partial charge in [-0.15, -0.1) is 0 Å². The van der Waals surface area contributed by atoms with E-state index >= 15 is 0 Å². The number of piperazine rings is 1. The van der Waals surface area contributed by atoms with E-state index in [1.54, 1.807) is 0 Å².